The molecule has 3 rings (SSSR count). The second-order valence-corrected chi connectivity index (χ2v) is 5.99. The van der Waals surface area contributed by atoms with Crippen molar-refractivity contribution in [1.82, 2.24) is 0 Å². The van der Waals surface area contributed by atoms with Crippen LogP contribution in [-0.4, -0.2) is 6.61 Å². The van der Waals surface area contributed by atoms with Gasteiger partial charge in [0.05, 0.1) is 6.61 Å². The Balaban J connectivity index is 1.82. The molecule has 0 amide bonds. The van der Waals surface area contributed by atoms with Gasteiger partial charge in [-0.3, -0.25) is 0 Å². The number of halogens is 1. The van der Waals surface area contributed by atoms with Crippen molar-refractivity contribution in [2.45, 2.75) is 32.2 Å². The molecule has 1 atom stereocenters. The molecule has 2 aromatic rings. The van der Waals surface area contributed by atoms with Gasteiger partial charge in [-0.05, 0) is 47.2 Å². The largest absolute Gasteiger partial charge is 0.493 e. The quantitative estimate of drug-likeness (QED) is 0.923. The van der Waals surface area contributed by atoms with E-state index in [1.165, 1.54) is 11.1 Å². The summed E-state index contributed by atoms with van der Waals surface area (Å²) in [6.07, 6.45) is 2.73. The average molecular weight is 302 g/mol. The molecule has 1 aliphatic heterocycles. The van der Waals surface area contributed by atoms with Gasteiger partial charge in [0.2, 0.25) is 0 Å². The number of benzene rings is 2. The smallest absolute Gasteiger partial charge is 0.125 e. The molecular formula is C18H20ClNO. The van der Waals surface area contributed by atoms with Crippen LogP contribution in [0.25, 0.3) is 0 Å². The standard InChI is InChI=1S/C18H20ClNO/c1-2-12-3-5-13(6-4-12)17(20)11-15-10-16(19)9-14-7-8-21-18(14)15/h3-6,9-10,17H,2,7-8,11,20H2,1H3. The first-order chi connectivity index (χ1) is 10.2. The van der Waals surface area contributed by atoms with Crippen molar-refractivity contribution >= 4 is 11.6 Å². The molecule has 0 saturated heterocycles. The lowest BCUT2D eigenvalue weighted by molar-refractivity contribution is 0.352. The fraction of sp³-hybridized carbons (Fsp3) is 0.333. The van der Waals surface area contributed by atoms with Crippen LogP contribution in [-0.2, 0) is 19.3 Å². The normalized spacial score (nSPS) is 14.6. The molecule has 0 spiro atoms. The lowest BCUT2D eigenvalue weighted by atomic mass is 9.96. The highest BCUT2D eigenvalue weighted by Crippen LogP contribution is 2.34. The van der Waals surface area contributed by atoms with E-state index < -0.39 is 0 Å². The van der Waals surface area contributed by atoms with Crippen LogP contribution in [0.4, 0.5) is 0 Å². The molecule has 2 aromatic carbocycles. The number of rotatable bonds is 4. The number of nitrogens with two attached hydrogens (primary N) is 1. The van der Waals surface area contributed by atoms with Gasteiger partial charge in [0.1, 0.15) is 5.75 Å². The topological polar surface area (TPSA) is 35.2 Å². The van der Waals surface area contributed by atoms with Crippen LogP contribution in [0.15, 0.2) is 36.4 Å². The lowest BCUT2D eigenvalue weighted by Crippen LogP contribution is -2.14. The van der Waals surface area contributed by atoms with Crippen LogP contribution >= 0.6 is 11.6 Å². The number of ether oxygens (including phenoxy) is 1. The Morgan fingerprint density at radius 1 is 1.24 bits per heavy atom. The van der Waals surface area contributed by atoms with Crippen molar-refractivity contribution in [3.8, 4) is 5.75 Å². The van der Waals surface area contributed by atoms with E-state index in [1.807, 2.05) is 12.1 Å². The van der Waals surface area contributed by atoms with Gasteiger partial charge in [0.15, 0.2) is 0 Å². The SMILES string of the molecule is CCc1ccc(C(N)Cc2cc(Cl)cc3c2OCC3)cc1. The van der Waals surface area contributed by atoms with Gasteiger partial charge in [-0.1, -0.05) is 42.8 Å². The van der Waals surface area contributed by atoms with E-state index in [4.69, 9.17) is 22.1 Å². The van der Waals surface area contributed by atoms with Crippen molar-refractivity contribution < 1.29 is 4.74 Å². The molecule has 2 N–H and O–H groups in total. The molecule has 1 heterocycles. The monoisotopic (exact) mass is 301 g/mol. The minimum atomic E-state index is -0.0392. The molecule has 1 unspecified atom stereocenters. The fourth-order valence-electron chi connectivity index (χ4n) is 2.85. The van der Waals surface area contributed by atoms with Crippen LogP contribution in [0, 0.1) is 0 Å². The summed E-state index contributed by atoms with van der Waals surface area (Å²) in [6.45, 7) is 2.89. The van der Waals surface area contributed by atoms with Gasteiger partial charge >= 0.3 is 0 Å². The van der Waals surface area contributed by atoms with Gasteiger partial charge in [0.25, 0.3) is 0 Å². The van der Waals surface area contributed by atoms with Gasteiger partial charge in [-0.25, -0.2) is 0 Å². The summed E-state index contributed by atoms with van der Waals surface area (Å²) >= 11 is 6.20. The predicted molar refractivity (Wildman–Crippen MR) is 87.1 cm³/mol. The van der Waals surface area contributed by atoms with Crippen LogP contribution in [0.3, 0.4) is 0 Å². The molecule has 0 fully saturated rings. The molecule has 0 aromatic heterocycles. The Hall–Kier alpha value is -1.51. The van der Waals surface area contributed by atoms with Gasteiger partial charge in [-0.15, -0.1) is 0 Å². The second kappa shape index (κ2) is 6.08. The molecule has 0 aliphatic carbocycles. The molecule has 2 nitrogen and oxygen atoms in total. The zero-order valence-electron chi connectivity index (χ0n) is 12.2. The third-order valence-electron chi connectivity index (χ3n) is 4.08. The number of fused-ring (bicyclic) bond motifs is 1. The fourth-order valence-corrected chi connectivity index (χ4v) is 3.12. The number of hydrogen-bond acceptors (Lipinski definition) is 2. The Kier molecular flexibility index (Phi) is 4.18. The highest BCUT2D eigenvalue weighted by Gasteiger charge is 2.19. The molecule has 1 aliphatic rings. The van der Waals surface area contributed by atoms with Crippen molar-refractivity contribution in [3.63, 3.8) is 0 Å². The summed E-state index contributed by atoms with van der Waals surface area (Å²) < 4.78 is 5.74. The van der Waals surface area contributed by atoms with Crippen molar-refractivity contribution in [1.29, 1.82) is 0 Å². The molecular weight excluding hydrogens is 282 g/mol. The molecule has 0 bridgehead atoms. The zero-order chi connectivity index (χ0) is 14.8. The highest BCUT2D eigenvalue weighted by molar-refractivity contribution is 6.30. The highest BCUT2D eigenvalue weighted by atomic mass is 35.5. The first-order valence-corrected chi connectivity index (χ1v) is 7.83. The van der Waals surface area contributed by atoms with E-state index in [2.05, 4.69) is 31.2 Å². The Morgan fingerprint density at radius 2 is 2.00 bits per heavy atom. The average Bonchev–Trinajstić information content (AvgIpc) is 2.95. The Morgan fingerprint density at radius 3 is 2.71 bits per heavy atom. The van der Waals surface area contributed by atoms with Crippen molar-refractivity contribution in [2.24, 2.45) is 5.73 Å². The molecule has 21 heavy (non-hydrogen) atoms. The minimum Gasteiger partial charge on any atom is -0.493 e. The van der Waals surface area contributed by atoms with E-state index in [1.54, 1.807) is 0 Å². The molecule has 0 radical (unpaired) electrons. The lowest BCUT2D eigenvalue weighted by Gasteiger charge is -2.15. The second-order valence-electron chi connectivity index (χ2n) is 5.56. The number of hydrogen-bond donors (Lipinski definition) is 1. The third-order valence-corrected chi connectivity index (χ3v) is 4.30. The summed E-state index contributed by atoms with van der Waals surface area (Å²) in [4.78, 5) is 0. The Labute approximate surface area is 130 Å². The molecule has 0 saturated carbocycles. The summed E-state index contributed by atoms with van der Waals surface area (Å²) in [7, 11) is 0. The van der Waals surface area contributed by atoms with E-state index >= 15 is 0 Å². The van der Waals surface area contributed by atoms with Gasteiger partial charge in [0, 0.05) is 17.5 Å². The zero-order valence-corrected chi connectivity index (χ0v) is 13.0. The van der Waals surface area contributed by atoms with Crippen LogP contribution in [0.2, 0.25) is 5.02 Å². The van der Waals surface area contributed by atoms with E-state index in [0.717, 1.165) is 47.8 Å². The molecule has 110 valence electrons. The van der Waals surface area contributed by atoms with Gasteiger partial charge in [-0.2, -0.15) is 0 Å². The molecule has 3 heteroatoms. The van der Waals surface area contributed by atoms with Crippen LogP contribution < -0.4 is 10.5 Å². The third kappa shape index (κ3) is 3.07. The number of aryl methyl sites for hydroxylation is 1. The van der Waals surface area contributed by atoms with Crippen LogP contribution in [0.1, 0.15) is 35.2 Å². The summed E-state index contributed by atoms with van der Waals surface area (Å²) in [5, 5.41) is 0.766. The summed E-state index contributed by atoms with van der Waals surface area (Å²) in [5.41, 5.74) is 11.2. The summed E-state index contributed by atoms with van der Waals surface area (Å²) in [6, 6.07) is 12.5. The van der Waals surface area contributed by atoms with Crippen molar-refractivity contribution in [2.75, 3.05) is 6.61 Å². The van der Waals surface area contributed by atoms with E-state index in [9.17, 15) is 0 Å². The van der Waals surface area contributed by atoms with Gasteiger partial charge < -0.3 is 10.5 Å². The first-order valence-electron chi connectivity index (χ1n) is 7.46. The summed E-state index contributed by atoms with van der Waals surface area (Å²) in [5.74, 6) is 0.986. The maximum Gasteiger partial charge on any atom is 0.125 e. The first kappa shape index (κ1) is 14.4. The maximum absolute atomic E-state index is 6.36. The maximum atomic E-state index is 6.36. The Bertz CT molecular complexity index is 636. The van der Waals surface area contributed by atoms with Crippen LogP contribution in [0.5, 0.6) is 5.75 Å². The predicted octanol–water partition coefficient (Wildman–Crippen LogP) is 4.08. The van der Waals surface area contributed by atoms with Crippen molar-refractivity contribution in [3.05, 3.63) is 63.7 Å². The van der Waals surface area contributed by atoms with E-state index in [-0.39, 0.29) is 6.04 Å². The minimum absolute atomic E-state index is 0.0392. The van der Waals surface area contributed by atoms with E-state index in [0.29, 0.717) is 0 Å².